The monoisotopic (exact) mass is 235 g/mol. The predicted molar refractivity (Wildman–Crippen MR) is 68.7 cm³/mol. The lowest BCUT2D eigenvalue weighted by Gasteiger charge is -2.27. The number of thioether (sulfide) groups is 1. The number of carbonyl (C=O) groups is 1. The molecule has 1 N–H and O–H groups in total. The predicted octanol–water partition coefficient (Wildman–Crippen LogP) is 2.56. The average Bonchev–Trinajstić information content (AvgIpc) is 2.20. The summed E-state index contributed by atoms with van der Waals surface area (Å²) in [5, 5.41) is 8.97. The first kappa shape index (κ1) is 17.2. The second-order valence-corrected chi connectivity index (χ2v) is 4.38. The maximum atomic E-state index is 10.9. The fraction of sp³-hybridized carbons (Fsp3) is 0.909. The van der Waals surface area contributed by atoms with Crippen LogP contribution in [0.1, 0.15) is 34.1 Å². The summed E-state index contributed by atoms with van der Waals surface area (Å²) in [5.41, 5.74) is 0. The number of hydrogen-bond donors (Lipinski definition) is 1. The minimum absolute atomic E-state index is 0.281. The van der Waals surface area contributed by atoms with Gasteiger partial charge in [-0.25, -0.2) is 0 Å². The standard InChI is InChI=1S/C9H19NO2S.C2H6/c1-7(2)10(3)8(9(11)12)5-6-13-4;1-2/h7-8H,5-6H2,1-4H3,(H,11,12);1-2H3. The van der Waals surface area contributed by atoms with E-state index in [-0.39, 0.29) is 12.1 Å². The van der Waals surface area contributed by atoms with Crippen LogP contribution in [-0.4, -0.2) is 47.1 Å². The molecule has 0 saturated heterocycles. The van der Waals surface area contributed by atoms with E-state index in [4.69, 9.17) is 5.11 Å². The Morgan fingerprint density at radius 1 is 1.40 bits per heavy atom. The number of rotatable bonds is 6. The van der Waals surface area contributed by atoms with E-state index in [9.17, 15) is 4.79 Å². The summed E-state index contributed by atoms with van der Waals surface area (Å²) < 4.78 is 0. The third-order valence-corrected chi connectivity index (χ3v) is 2.83. The van der Waals surface area contributed by atoms with E-state index in [1.807, 2.05) is 45.9 Å². The minimum Gasteiger partial charge on any atom is -0.480 e. The van der Waals surface area contributed by atoms with Crippen molar-refractivity contribution in [3.63, 3.8) is 0 Å². The lowest BCUT2D eigenvalue weighted by Crippen LogP contribution is -2.42. The molecule has 0 aromatic heterocycles. The van der Waals surface area contributed by atoms with Crippen molar-refractivity contribution in [2.24, 2.45) is 0 Å². The summed E-state index contributed by atoms with van der Waals surface area (Å²) in [6, 6.07) is -0.0598. The van der Waals surface area contributed by atoms with Gasteiger partial charge in [0.15, 0.2) is 0 Å². The van der Waals surface area contributed by atoms with Crippen molar-refractivity contribution in [2.45, 2.75) is 46.2 Å². The van der Waals surface area contributed by atoms with Gasteiger partial charge in [0.05, 0.1) is 0 Å². The highest BCUT2D eigenvalue weighted by Gasteiger charge is 2.23. The molecule has 0 bridgehead atoms. The van der Waals surface area contributed by atoms with Crippen molar-refractivity contribution >= 4 is 17.7 Å². The summed E-state index contributed by atoms with van der Waals surface area (Å²) in [7, 11) is 1.86. The highest BCUT2D eigenvalue weighted by molar-refractivity contribution is 7.98. The highest BCUT2D eigenvalue weighted by Crippen LogP contribution is 2.09. The molecule has 0 aliphatic heterocycles. The van der Waals surface area contributed by atoms with Crippen LogP contribution in [0.15, 0.2) is 0 Å². The van der Waals surface area contributed by atoms with Gasteiger partial charge in [-0.2, -0.15) is 11.8 Å². The zero-order chi connectivity index (χ0) is 12.4. The number of likely N-dealkylation sites (N-methyl/N-ethyl adjacent to an activating group) is 1. The Bertz CT molecular complexity index is 163. The van der Waals surface area contributed by atoms with Crippen molar-refractivity contribution in [1.82, 2.24) is 4.90 Å². The van der Waals surface area contributed by atoms with E-state index in [0.717, 1.165) is 5.75 Å². The van der Waals surface area contributed by atoms with Gasteiger partial charge < -0.3 is 5.11 Å². The Hall–Kier alpha value is -0.220. The first-order valence-electron chi connectivity index (χ1n) is 5.44. The van der Waals surface area contributed by atoms with Gasteiger partial charge in [-0.15, -0.1) is 0 Å². The molecule has 0 aliphatic rings. The summed E-state index contributed by atoms with van der Waals surface area (Å²) in [5.74, 6) is 0.179. The van der Waals surface area contributed by atoms with E-state index in [2.05, 4.69) is 0 Å². The molecule has 0 aromatic rings. The van der Waals surface area contributed by atoms with Crippen molar-refractivity contribution in [2.75, 3.05) is 19.1 Å². The molecule has 0 rings (SSSR count). The van der Waals surface area contributed by atoms with E-state index in [1.54, 1.807) is 11.8 Å². The van der Waals surface area contributed by atoms with Crippen LogP contribution in [0.3, 0.4) is 0 Å². The van der Waals surface area contributed by atoms with E-state index < -0.39 is 5.97 Å². The molecule has 4 heteroatoms. The van der Waals surface area contributed by atoms with Crippen LogP contribution in [0.2, 0.25) is 0 Å². The first-order chi connectivity index (χ1) is 7.00. The Morgan fingerprint density at radius 2 is 1.87 bits per heavy atom. The van der Waals surface area contributed by atoms with Crippen LogP contribution >= 0.6 is 11.8 Å². The van der Waals surface area contributed by atoms with Gasteiger partial charge in [0, 0.05) is 6.04 Å². The van der Waals surface area contributed by atoms with Crippen LogP contribution in [0.4, 0.5) is 0 Å². The topological polar surface area (TPSA) is 40.5 Å². The van der Waals surface area contributed by atoms with Gasteiger partial charge in [0.1, 0.15) is 6.04 Å². The fourth-order valence-electron chi connectivity index (χ4n) is 1.09. The van der Waals surface area contributed by atoms with Crippen molar-refractivity contribution in [3.05, 3.63) is 0 Å². The van der Waals surface area contributed by atoms with Crippen LogP contribution in [0.5, 0.6) is 0 Å². The van der Waals surface area contributed by atoms with Crippen LogP contribution < -0.4 is 0 Å². The molecule has 3 nitrogen and oxygen atoms in total. The second kappa shape index (κ2) is 10.3. The quantitative estimate of drug-likeness (QED) is 0.768. The summed E-state index contributed by atoms with van der Waals surface area (Å²) in [6.45, 7) is 8.02. The van der Waals surface area contributed by atoms with Crippen LogP contribution in [0, 0.1) is 0 Å². The molecule has 0 saturated carbocycles. The van der Waals surface area contributed by atoms with Crippen LogP contribution in [0.25, 0.3) is 0 Å². The first-order valence-corrected chi connectivity index (χ1v) is 6.83. The Kier molecular flexibility index (Phi) is 11.8. The number of hydrogen-bond acceptors (Lipinski definition) is 3. The van der Waals surface area contributed by atoms with Gasteiger partial charge in [0.2, 0.25) is 0 Å². The molecule has 1 atom stereocenters. The van der Waals surface area contributed by atoms with Crippen molar-refractivity contribution in [3.8, 4) is 0 Å². The largest absolute Gasteiger partial charge is 0.480 e. The van der Waals surface area contributed by atoms with Gasteiger partial charge in [-0.1, -0.05) is 13.8 Å². The minimum atomic E-state index is -0.717. The lowest BCUT2D eigenvalue weighted by atomic mass is 10.1. The molecule has 92 valence electrons. The molecule has 0 aliphatic carbocycles. The maximum Gasteiger partial charge on any atom is 0.320 e. The van der Waals surface area contributed by atoms with Crippen LogP contribution in [-0.2, 0) is 4.79 Å². The normalized spacial score (nSPS) is 12.3. The molecular formula is C11H25NO2S. The molecule has 0 amide bonds. The molecule has 0 fully saturated rings. The number of carboxylic acid groups (broad SMARTS) is 1. The number of nitrogens with zero attached hydrogens (tertiary/aromatic N) is 1. The number of aliphatic carboxylic acids is 1. The van der Waals surface area contributed by atoms with Crippen molar-refractivity contribution < 1.29 is 9.90 Å². The van der Waals surface area contributed by atoms with Gasteiger partial charge >= 0.3 is 5.97 Å². The fourth-order valence-corrected chi connectivity index (χ4v) is 1.55. The zero-order valence-corrected chi connectivity index (χ0v) is 11.6. The lowest BCUT2D eigenvalue weighted by molar-refractivity contribution is -0.143. The second-order valence-electron chi connectivity index (χ2n) is 3.39. The molecule has 15 heavy (non-hydrogen) atoms. The molecule has 0 heterocycles. The van der Waals surface area contributed by atoms with Gasteiger partial charge in [0.25, 0.3) is 0 Å². The maximum absolute atomic E-state index is 10.9. The molecule has 0 aromatic carbocycles. The van der Waals surface area contributed by atoms with E-state index in [1.165, 1.54) is 0 Å². The smallest absolute Gasteiger partial charge is 0.320 e. The SMILES string of the molecule is CC.CSCCC(C(=O)O)N(C)C(C)C. The van der Waals surface area contributed by atoms with E-state index in [0.29, 0.717) is 6.42 Å². The van der Waals surface area contributed by atoms with Gasteiger partial charge in [-0.05, 0) is 39.3 Å². The Morgan fingerprint density at radius 3 is 2.13 bits per heavy atom. The Labute approximate surface area is 98.2 Å². The third kappa shape index (κ3) is 7.68. The Balaban J connectivity index is 0. The summed E-state index contributed by atoms with van der Waals surface area (Å²) >= 11 is 1.69. The zero-order valence-electron chi connectivity index (χ0n) is 10.8. The highest BCUT2D eigenvalue weighted by atomic mass is 32.2. The molecule has 0 spiro atoms. The number of carboxylic acids is 1. The molecule has 1 unspecified atom stereocenters. The third-order valence-electron chi connectivity index (χ3n) is 2.19. The summed E-state index contributed by atoms with van der Waals surface area (Å²) in [6.07, 6.45) is 2.71. The summed E-state index contributed by atoms with van der Waals surface area (Å²) in [4.78, 5) is 12.8. The molecular weight excluding hydrogens is 210 g/mol. The molecule has 0 radical (unpaired) electrons. The average molecular weight is 235 g/mol. The van der Waals surface area contributed by atoms with E-state index >= 15 is 0 Å². The van der Waals surface area contributed by atoms with Gasteiger partial charge in [-0.3, -0.25) is 9.69 Å². The van der Waals surface area contributed by atoms with Crippen molar-refractivity contribution in [1.29, 1.82) is 0 Å².